The van der Waals surface area contributed by atoms with Crippen LogP contribution in [0.4, 0.5) is 5.82 Å². The molecule has 8 heteroatoms. The molecule has 1 saturated heterocycles. The molecule has 0 unspecified atom stereocenters. The minimum absolute atomic E-state index is 0.00977. The van der Waals surface area contributed by atoms with E-state index in [0.29, 0.717) is 12.1 Å². The van der Waals surface area contributed by atoms with Crippen molar-refractivity contribution in [2.24, 2.45) is 0 Å². The Balaban J connectivity index is 1.29. The van der Waals surface area contributed by atoms with Crippen molar-refractivity contribution in [1.82, 2.24) is 19.9 Å². The van der Waals surface area contributed by atoms with Gasteiger partial charge in [0.15, 0.2) is 0 Å². The second-order valence-electron chi connectivity index (χ2n) is 7.33. The van der Waals surface area contributed by atoms with E-state index >= 15 is 0 Å². The highest BCUT2D eigenvalue weighted by atomic mass is 32.1. The maximum absolute atomic E-state index is 12.6. The first-order chi connectivity index (χ1) is 13.7. The highest BCUT2D eigenvalue weighted by Crippen LogP contribution is 2.34. The number of H-pyrrole nitrogens is 1. The van der Waals surface area contributed by atoms with Crippen LogP contribution in [-0.4, -0.2) is 46.0 Å². The number of pyridine rings is 1. The standard InChI is InChI=1S/C20H20N6OS/c21-11-13-4-5-22-17(10-13)26-8-6-25(7-9-26)12-16-23-19(27)18-14-2-1-3-15(14)28-20(18)24-16/h4-5,10H,1-3,6-9,12H2,(H,23,24,27). The minimum Gasteiger partial charge on any atom is -0.354 e. The zero-order chi connectivity index (χ0) is 19.1. The van der Waals surface area contributed by atoms with Crippen LogP contribution in [0.5, 0.6) is 0 Å². The van der Waals surface area contributed by atoms with Gasteiger partial charge in [-0.3, -0.25) is 9.69 Å². The Morgan fingerprint density at radius 1 is 1.25 bits per heavy atom. The van der Waals surface area contributed by atoms with E-state index in [4.69, 9.17) is 10.2 Å². The number of fused-ring (bicyclic) bond motifs is 3. The van der Waals surface area contributed by atoms with Gasteiger partial charge in [-0.2, -0.15) is 5.26 Å². The molecule has 2 aliphatic rings. The molecule has 142 valence electrons. The molecule has 0 amide bonds. The summed E-state index contributed by atoms with van der Waals surface area (Å²) in [4.78, 5) is 31.5. The second-order valence-corrected chi connectivity index (χ2v) is 8.41. The topological polar surface area (TPSA) is 88.9 Å². The van der Waals surface area contributed by atoms with Gasteiger partial charge in [0, 0.05) is 37.3 Å². The Kier molecular flexibility index (Phi) is 4.34. The first-order valence-electron chi connectivity index (χ1n) is 9.58. The van der Waals surface area contributed by atoms with Crippen molar-refractivity contribution in [3.8, 4) is 6.07 Å². The van der Waals surface area contributed by atoms with E-state index in [1.807, 2.05) is 6.07 Å². The second kappa shape index (κ2) is 7.00. The largest absolute Gasteiger partial charge is 0.354 e. The first-order valence-corrected chi connectivity index (χ1v) is 10.4. The molecule has 0 bridgehead atoms. The zero-order valence-corrected chi connectivity index (χ0v) is 16.3. The Bertz CT molecular complexity index is 1140. The number of hydrogen-bond acceptors (Lipinski definition) is 7. The molecule has 1 aliphatic heterocycles. The number of nitrogens with one attached hydrogen (secondary N) is 1. The van der Waals surface area contributed by atoms with Crippen molar-refractivity contribution in [2.45, 2.75) is 25.8 Å². The summed E-state index contributed by atoms with van der Waals surface area (Å²) in [5, 5.41) is 9.88. The average molecular weight is 392 g/mol. The number of thiophene rings is 1. The molecule has 5 rings (SSSR count). The zero-order valence-electron chi connectivity index (χ0n) is 15.4. The molecule has 1 aliphatic carbocycles. The summed E-state index contributed by atoms with van der Waals surface area (Å²) < 4.78 is 0. The number of nitrogens with zero attached hydrogens (tertiary/aromatic N) is 5. The number of aromatic amines is 1. The number of piperazine rings is 1. The summed E-state index contributed by atoms with van der Waals surface area (Å²) in [5.74, 6) is 1.59. The quantitative estimate of drug-likeness (QED) is 0.734. The molecule has 3 aromatic rings. The molecule has 0 atom stereocenters. The van der Waals surface area contributed by atoms with Gasteiger partial charge in [0.25, 0.3) is 5.56 Å². The van der Waals surface area contributed by atoms with Crippen LogP contribution in [0.1, 0.15) is 28.2 Å². The fraction of sp³-hybridized carbons (Fsp3) is 0.400. The summed E-state index contributed by atoms with van der Waals surface area (Å²) in [6, 6.07) is 5.72. The number of aromatic nitrogens is 3. The average Bonchev–Trinajstić information content (AvgIpc) is 3.29. The molecule has 0 aromatic carbocycles. The van der Waals surface area contributed by atoms with Gasteiger partial charge in [0.2, 0.25) is 0 Å². The van der Waals surface area contributed by atoms with Gasteiger partial charge >= 0.3 is 0 Å². The van der Waals surface area contributed by atoms with Crippen molar-refractivity contribution in [1.29, 1.82) is 5.26 Å². The minimum atomic E-state index is 0.00977. The summed E-state index contributed by atoms with van der Waals surface area (Å²) in [6.07, 6.45) is 4.91. The molecule has 7 nitrogen and oxygen atoms in total. The number of anilines is 1. The van der Waals surface area contributed by atoms with E-state index in [9.17, 15) is 4.79 Å². The van der Waals surface area contributed by atoms with E-state index in [-0.39, 0.29) is 5.56 Å². The van der Waals surface area contributed by atoms with Gasteiger partial charge in [-0.25, -0.2) is 9.97 Å². The highest BCUT2D eigenvalue weighted by Gasteiger charge is 2.23. The highest BCUT2D eigenvalue weighted by molar-refractivity contribution is 7.18. The van der Waals surface area contributed by atoms with E-state index in [0.717, 1.165) is 67.3 Å². The summed E-state index contributed by atoms with van der Waals surface area (Å²) in [6.45, 7) is 4.04. The molecule has 28 heavy (non-hydrogen) atoms. The van der Waals surface area contributed by atoms with Gasteiger partial charge in [0.1, 0.15) is 16.5 Å². The third kappa shape index (κ3) is 3.07. The van der Waals surface area contributed by atoms with E-state index in [1.165, 1.54) is 10.4 Å². The number of hydrogen-bond donors (Lipinski definition) is 1. The van der Waals surface area contributed by atoms with E-state index in [2.05, 4.69) is 25.8 Å². The fourth-order valence-corrected chi connectivity index (χ4v) is 5.41. The first kappa shape index (κ1) is 17.3. The summed E-state index contributed by atoms with van der Waals surface area (Å²) >= 11 is 1.69. The Morgan fingerprint density at radius 2 is 2.11 bits per heavy atom. The third-order valence-electron chi connectivity index (χ3n) is 5.57. The molecule has 1 N–H and O–H groups in total. The van der Waals surface area contributed by atoms with Gasteiger partial charge in [0.05, 0.1) is 23.6 Å². The summed E-state index contributed by atoms with van der Waals surface area (Å²) in [5.41, 5.74) is 1.86. The predicted octanol–water partition coefficient (Wildman–Crippen LogP) is 2.06. The molecule has 0 radical (unpaired) electrons. The molecule has 0 spiro atoms. The molecule has 3 aromatic heterocycles. The number of aryl methyl sites for hydroxylation is 2. The van der Waals surface area contributed by atoms with Crippen LogP contribution in [0.25, 0.3) is 10.2 Å². The predicted molar refractivity (Wildman–Crippen MR) is 109 cm³/mol. The molecular weight excluding hydrogens is 372 g/mol. The van der Waals surface area contributed by atoms with Gasteiger partial charge in [-0.1, -0.05) is 0 Å². The molecular formula is C20H20N6OS. The normalized spacial score (nSPS) is 17.0. The number of nitriles is 1. The Morgan fingerprint density at radius 3 is 2.93 bits per heavy atom. The maximum atomic E-state index is 12.6. The third-order valence-corrected chi connectivity index (χ3v) is 6.75. The van der Waals surface area contributed by atoms with Crippen LogP contribution >= 0.6 is 11.3 Å². The SMILES string of the molecule is N#Cc1ccnc(N2CCN(Cc3nc4sc5c(c4c(=O)[nH]3)CCC5)CC2)c1. The lowest BCUT2D eigenvalue weighted by atomic mass is 10.2. The maximum Gasteiger partial charge on any atom is 0.259 e. The van der Waals surface area contributed by atoms with Crippen molar-refractivity contribution in [2.75, 3.05) is 31.1 Å². The van der Waals surface area contributed by atoms with Crippen molar-refractivity contribution in [3.05, 3.63) is 50.5 Å². The van der Waals surface area contributed by atoms with E-state index < -0.39 is 0 Å². The van der Waals surface area contributed by atoms with Crippen LogP contribution in [0.2, 0.25) is 0 Å². The van der Waals surface area contributed by atoms with Gasteiger partial charge in [-0.15, -0.1) is 11.3 Å². The Labute approximate surface area is 166 Å². The van der Waals surface area contributed by atoms with Gasteiger partial charge in [-0.05, 0) is 37.0 Å². The molecule has 1 fully saturated rings. The van der Waals surface area contributed by atoms with Gasteiger partial charge < -0.3 is 9.88 Å². The number of rotatable bonds is 3. The molecule has 4 heterocycles. The van der Waals surface area contributed by atoms with Crippen molar-refractivity contribution >= 4 is 27.4 Å². The van der Waals surface area contributed by atoms with Crippen LogP contribution in [0.3, 0.4) is 0 Å². The fourth-order valence-electron chi connectivity index (χ4n) is 4.13. The van der Waals surface area contributed by atoms with Crippen LogP contribution in [0.15, 0.2) is 23.1 Å². The Hall–Kier alpha value is -2.76. The smallest absolute Gasteiger partial charge is 0.259 e. The lowest BCUT2D eigenvalue weighted by Crippen LogP contribution is -2.46. The van der Waals surface area contributed by atoms with E-state index in [1.54, 1.807) is 23.6 Å². The van der Waals surface area contributed by atoms with Crippen LogP contribution < -0.4 is 10.5 Å². The van der Waals surface area contributed by atoms with Crippen LogP contribution in [-0.2, 0) is 19.4 Å². The van der Waals surface area contributed by atoms with Crippen molar-refractivity contribution < 1.29 is 0 Å². The lowest BCUT2D eigenvalue weighted by Gasteiger charge is -2.35. The van der Waals surface area contributed by atoms with Crippen molar-refractivity contribution in [3.63, 3.8) is 0 Å². The summed E-state index contributed by atoms with van der Waals surface area (Å²) in [7, 11) is 0. The lowest BCUT2D eigenvalue weighted by molar-refractivity contribution is 0.243. The van der Waals surface area contributed by atoms with Crippen LogP contribution in [0, 0.1) is 11.3 Å². The molecule has 0 saturated carbocycles. The monoisotopic (exact) mass is 392 g/mol.